The molecular formula is C26H28N6O11S. The number of carboxylic acids is 1. The van der Waals surface area contributed by atoms with Crippen LogP contribution in [0.4, 0.5) is 0 Å². The van der Waals surface area contributed by atoms with Crippen LogP contribution in [0.5, 0.6) is 5.75 Å². The molecule has 6 amide bonds. The summed E-state index contributed by atoms with van der Waals surface area (Å²) in [5.74, 6) is -6.63. The van der Waals surface area contributed by atoms with Crippen molar-refractivity contribution >= 4 is 60.1 Å². The molecule has 0 bridgehead atoms. The van der Waals surface area contributed by atoms with Gasteiger partial charge in [0.1, 0.15) is 22.9 Å². The zero-order valence-electron chi connectivity index (χ0n) is 23.4. The van der Waals surface area contributed by atoms with Crippen LogP contribution in [0.2, 0.25) is 0 Å². The van der Waals surface area contributed by atoms with Gasteiger partial charge in [0.05, 0.1) is 6.54 Å². The number of hydrogen-bond donors (Lipinski definition) is 4. The number of piperazine rings is 1. The smallest absolute Gasteiger partial charge is 0.352 e. The van der Waals surface area contributed by atoms with E-state index in [1.165, 1.54) is 29.2 Å². The minimum absolute atomic E-state index is 0.0580. The first-order chi connectivity index (χ1) is 20.9. The molecular weight excluding hydrogens is 604 g/mol. The number of fused-ring (bicyclic) bond motifs is 1. The van der Waals surface area contributed by atoms with Crippen molar-refractivity contribution in [3.8, 4) is 5.75 Å². The van der Waals surface area contributed by atoms with E-state index in [-0.39, 0.29) is 48.7 Å². The van der Waals surface area contributed by atoms with Crippen molar-refractivity contribution in [2.45, 2.75) is 37.5 Å². The molecule has 0 spiro atoms. The summed E-state index contributed by atoms with van der Waals surface area (Å²) in [7, 11) is 0. The molecule has 4 rings (SSSR count). The van der Waals surface area contributed by atoms with Crippen LogP contribution in [-0.2, 0) is 43.1 Å². The van der Waals surface area contributed by atoms with Gasteiger partial charge in [-0.25, -0.2) is 14.8 Å². The van der Waals surface area contributed by atoms with Gasteiger partial charge in [-0.15, -0.1) is 11.8 Å². The largest absolute Gasteiger partial charge is 0.508 e. The van der Waals surface area contributed by atoms with Gasteiger partial charge in [0, 0.05) is 31.3 Å². The number of aliphatic carboxylic acids is 1. The molecule has 44 heavy (non-hydrogen) atoms. The number of carbonyl (C=O) groups is 8. The Morgan fingerprint density at radius 2 is 1.82 bits per heavy atom. The predicted molar refractivity (Wildman–Crippen MR) is 147 cm³/mol. The Morgan fingerprint density at radius 1 is 1.14 bits per heavy atom. The quantitative estimate of drug-likeness (QED) is 0.0638. The summed E-state index contributed by atoms with van der Waals surface area (Å²) in [5.41, 5.74) is -0.678. The van der Waals surface area contributed by atoms with Gasteiger partial charge in [0.15, 0.2) is 6.04 Å². The summed E-state index contributed by atoms with van der Waals surface area (Å²) in [5, 5.41) is 25.3. The molecule has 4 atom stereocenters. The monoisotopic (exact) mass is 632 g/mol. The molecule has 3 aliphatic heterocycles. The molecule has 0 saturated carbocycles. The van der Waals surface area contributed by atoms with Crippen LogP contribution in [0, 0.1) is 0 Å². The maximum Gasteiger partial charge on any atom is 0.352 e. The first kappa shape index (κ1) is 31.8. The molecule has 2 fully saturated rings. The average Bonchev–Trinajstić information content (AvgIpc) is 2.99. The molecule has 0 aromatic heterocycles. The van der Waals surface area contributed by atoms with Gasteiger partial charge in [-0.2, -0.15) is 0 Å². The van der Waals surface area contributed by atoms with E-state index in [9.17, 15) is 48.6 Å². The summed E-state index contributed by atoms with van der Waals surface area (Å²) in [6, 6.07) is 2.34. The van der Waals surface area contributed by atoms with Crippen LogP contribution in [0.15, 0.2) is 35.5 Å². The van der Waals surface area contributed by atoms with Gasteiger partial charge >= 0.3 is 23.8 Å². The summed E-state index contributed by atoms with van der Waals surface area (Å²) in [6.07, 6.45) is -1.29. The van der Waals surface area contributed by atoms with Crippen LogP contribution >= 0.6 is 11.8 Å². The summed E-state index contributed by atoms with van der Waals surface area (Å²) < 4.78 is 5.29. The fraction of sp³-hybridized carbons (Fsp3) is 0.385. The molecule has 2 saturated heterocycles. The first-order valence-electron chi connectivity index (χ1n) is 13.2. The summed E-state index contributed by atoms with van der Waals surface area (Å²) in [4.78, 5) is 102. The van der Waals surface area contributed by atoms with Crippen LogP contribution in [-0.4, -0.2) is 121 Å². The standard InChI is InChI=1S/C26H28N6O11S/c1-3-29-8-9-30(24(40)23(29)39)31(12-34)18(14-4-6-15(36)7-5-14)20(37)28-21(43-13(2)35)16-10-44-25-17(27-11-33)22(38)32(25)19(16)26(41)42/h4-7,11-12,17-18,21,25,36H,3,8-10H2,1-2H3,(H,27,33)(H,28,37)(H,41,42)/t17-,18?,21?,25-/m1/s1. The van der Waals surface area contributed by atoms with Crippen molar-refractivity contribution in [2.75, 3.05) is 25.4 Å². The third-order valence-electron chi connectivity index (χ3n) is 7.10. The number of amides is 6. The van der Waals surface area contributed by atoms with Crippen molar-refractivity contribution in [1.82, 2.24) is 30.5 Å². The Kier molecular flexibility index (Phi) is 9.41. The number of nitrogens with one attached hydrogen (secondary N) is 2. The SMILES string of the molecule is CCN1CCN(N(C=O)C(C(=O)NC(OC(C)=O)C2=C(C(=O)O)N3C(=O)[C@@H](NC=O)[C@H]3SC2)c2ccc(O)cc2)C(=O)C1=O. The molecule has 4 N–H and O–H groups in total. The number of esters is 1. The van der Waals surface area contributed by atoms with Gasteiger partial charge in [0.2, 0.25) is 19.0 Å². The number of benzene rings is 1. The van der Waals surface area contributed by atoms with Crippen LogP contribution in [0.1, 0.15) is 25.5 Å². The van der Waals surface area contributed by atoms with E-state index in [1.54, 1.807) is 6.92 Å². The van der Waals surface area contributed by atoms with E-state index < -0.39 is 64.9 Å². The highest BCUT2D eigenvalue weighted by Gasteiger charge is 2.55. The zero-order chi connectivity index (χ0) is 32.3. The van der Waals surface area contributed by atoms with Gasteiger partial charge < -0.3 is 30.5 Å². The average molecular weight is 633 g/mol. The number of rotatable bonds is 12. The van der Waals surface area contributed by atoms with Crippen LogP contribution < -0.4 is 10.6 Å². The number of phenols is 1. The van der Waals surface area contributed by atoms with E-state index in [0.717, 1.165) is 28.6 Å². The number of aromatic hydroxyl groups is 1. The number of ether oxygens (including phenoxy) is 1. The number of nitrogens with zero attached hydrogens (tertiary/aromatic N) is 4. The van der Waals surface area contributed by atoms with E-state index >= 15 is 0 Å². The fourth-order valence-electron chi connectivity index (χ4n) is 5.02. The summed E-state index contributed by atoms with van der Waals surface area (Å²) >= 11 is 1.05. The lowest BCUT2D eigenvalue weighted by Crippen LogP contribution is -2.70. The third-order valence-corrected chi connectivity index (χ3v) is 8.40. The minimum Gasteiger partial charge on any atom is -0.508 e. The lowest BCUT2D eigenvalue weighted by molar-refractivity contribution is -0.177. The predicted octanol–water partition coefficient (Wildman–Crippen LogP) is -2.13. The number of hydrazine groups is 1. The Bertz CT molecular complexity index is 1430. The number of carbonyl (C=O) groups excluding carboxylic acids is 7. The fourth-order valence-corrected chi connectivity index (χ4v) is 6.41. The number of carboxylic acid groups (broad SMARTS) is 1. The molecule has 2 unspecified atom stereocenters. The lowest BCUT2D eigenvalue weighted by atomic mass is 10.0. The second-order valence-electron chi connectivity index (χ2n) is 9.64. The van der Waals surface area contributed by atoms with Crippen molar-refractivity contribution in [2.24, 2.45) is 0 Å². The second-order valence-corrected chi connectivity index (χ2v) is 10.7. The first-order valence-corrected chi connectivity index (χ1v) is 14.2. The van der Waals surface area contributed by atoms with Crippen molar-refractivity contribution in [3.63, 3.8) is 0 Å². The van der Waals surface area contributed by atoms with E-state index in [1.807, 2.05) is 0 Å². The maximum atomic E-state index is 13.9. The molecule has 3 aliphatic rings. The number of likely N-dealkylation sites (N-methyl/N-ethyl adjacent to an activating group) is 1. The molecule has 1 aromatic carbocycles. The topological polar surface area (TPSA) is 223 Å². The maximum absolute atomic E-state index is 13.9. The normalized spacial score (nSPS) is 21.0. The van der Waals surface area contributed by atoms with Crippen molar-refractivity contribution in [3.05, 3.63) is 41.1 Å². The van der Waals surface area contributed by atoms with Gasteiger partial charge in [-0.05, 0) is 24.6 Å². The number of phenolic OH excluding ortho intramolecular Hbond substituents is 1. The van der Waals surface area contributed by atoms with Crippen molar-refractivity contribution < 1.29 is 53.3 Å². The highest BCUT2D eigenvalue weighted by molar-refractivity contribution is 8.00. The molecule has 234 valence electrons. The molecule has 0 aliphatic carbocycles. The molecule has 1 aromatic rings. The van der Waals surface area contributed by atoms with E-state index in [4.69, 9.17) is 4.74 Å². The summed E-state index contributed by atoms with van der Waals surface area (Å²) in [6.45, 7) is 2.81. The van der Waals surface area contributed by atoms with Gasteiger partial charge in [0.25, 0.3) is 11.8 Å². The van der Waals surface area contributed by atoms with Gasteiger partial charge in [-0.1, -0.05) is 12.1 Å². The Balaban J connectivity index is 1.73. The minimum atomic E-state index is -1.76. The Hall–Kier alpha value is -5.13. The van der Waals surface area contributed by atoms with Crippen molar-refractivity contribution in [1.29, 1.82) is 0 Å². The molecule has 17 nitrogen and oxygen atoms in total. The number of thioether (sulfide) groups is 1. The second kappa shape index (κ2) is 13.0. The van der Waals surface area contributed by atoms with Gasteiger partial charge in [-0.3, -0.25) is 38.5 Å². The third kappa shape index (κ3) is 5.87. The Labute approximate surface area is 253 Å². The van der Waals surface area contributed by atoms with E-state index in [0.29, 0.717) is 11.4 Å². The molecule has 0 radical (unpaired) electrons. The molecule has 18 heteroatoms. The Morgan fingerprint density at radius 3 is 2.39 bits per heavy atom. The highest BCUT2D eigenvalue weighted by Crippen LogP contribution is 2.41. The zero-order valence-corrected chi connectivity index (χ0v) is 24.2. The van der Waals surface area contributed by atoms with Crippen LogP contribution in [0.3, 0.4) is 0 Å². The number of hydrogen-bond acceptors (Lipinski definition) is 11. The lowest BCUT2D eigenvalue weighted by Gasteiger charge is -2.49. The molecule has 3 heterocycles. The highest BCUT2D eigenvalue weighted by atomic mass is 32.2. The number of β-lactam (4-membered cyclic amide) rings is 1. The van der Waals surface area contributed by atoms with E-state index in [2.05, 4.69) is 10.6 Å². The van der Waals surface area contributed by atoms with Crippen LogP contribution in [0.25, 0.3) is 0 Å².